The molecule has 0 saturated carbocycles. The van der Waals surface area contributed by atoms with E-state index >= 15 is 0 Å². The number of aryl methyl sites for hydroxylation is 2. The van der Waals surface area contributed by atoms with Crippen molar-refractivity contribution in [2.45, 2.75) is 27.2 Å². The van der Waals surface area contributed by atoms with E-state index in [9.17, 15) is 8.78 Å². The van der Waals surface area contributed by atoms with Gasteiger partial charge in [0, 0.05) is 26.1 Å². The first-order chi connectivity index (χ1) is 10.9. The average molecular weight is 316 g/mol. The minimum absolute atomic E-state index is 0.447. The van der Waals surface area contributed by atoms with Crippen LogP contribution >= 0.6 is 0 Å². The highest BCUT2D eigenvalue weighted by molar-refractivity contribution is 5.62. The van der Waals surface area contributed by atoms with Crippen molar-refractivity contribution in [3.63, 3.8) is 0 Å². The number of hydrogen-bond donors (Lipinski definition) is 0. The molecular formula is C19H22F2N2. The molecule has 0 N–H and O–H groups in total. The summed E-state index contributed by atoms with van der Waals surface area (Å²) in [5.74, 6) is -1.06. The van der Waals surface area contributed by atoms with Gasteiger partial charge in [-0.25, -0.2) is 13.8 Å². The maximum atomic E-state index is 13.9. The number of halogens is 2. The molecule has 0 atom stereocenters. The molecule has 2 nitrogen and oxygen atoms in total. The van der Waals surface area contributed by atoms with Gasteiger partial charge < -0.3 is 4.90 Å². The van der Waals surface area contributed by atoms with Crippen LogP contribution in [0.2, 0.25) is 0 Å². The lowest BCUT2D eigenvalue weighted by molar-refractivity contribution is 0.552. The average Bonchev–Trinajstić information content (AvgIpc) is 2.50. The fourth-order valence-corrected chi connectivity index (χ4v) is 2.43. The predicted molar refractivity (Wildman–Crippen MR) is 91.5 cm³/mol. The molecule has 0 aromatic heterocycles. The summed E-state index contributed by atoms with van der Waals surface area (Å²) < 4.78 is 26.9. The van der Waals surface area contributed by atoms with Crippen LogP contribution in [0.15, 0.2) is 35.3 Å². The lowest BCUT2D eigenvalue weighted by Crippen LogP contribution is -2.14. The summed E-state index contributed by atoms with van der Waals surface area (Å²) in [6, 6.07) is 7.71. The first kappa shape index (κ1) is 17.1. The van der Waals surface area contributed by atoms with E-state index in [-0.39, 0.29) is 0 Å². The van der Waals surface area contributed by atoms with E-state index in [0.29, 0.717) is 12.0 Å². The Kier molecular flexibility index (Phi) is 5.48. The summed E-state index contributed by atoms with van der Waals surface area (Å²) in [5.41, 5.74) is 4.54. The zero-order chi connectivity index (χ0) is 17.0. The van der Waals surface area contributed by atoms with Crippen molar-refractivity contribution >= 4 is 12.0 Å². The van der Waals surface area contributed by atoms with Crippen LogP contribution in [-0.4, -0.2) is 24.8 Å². The van der Waals surface area contributed by atoms with E-state index < -0.39 is 11.6 Å². The quantitative estimate of drug-likeness (QED) is 0.572. The molecule has 0 heterocycles. The van der Waals surface area contributed by atoms with Crippen LogP contribution in [-0.2, 0) is 6.42 Å². The highest BCUT2D eigenvalue weighted by Crippen LogP contribution is 2.25. The van der Waals surface area contributed by atoms with Gasteiger partial charge in [-0.15, -0.1) is 0 Å². The molecule has 2 rings (SSSR count). The van der Waals surface area contributed by atoms with Gasteiger partial charge in [0.1, 0.15) is 11.6 Å². The summed E-state index contributed by atoms with van der Waals surface area (Å²) in [7, 11) is 1.97. The molecule has 4 heteroatoms. The Morgan fingerprint density at radius 3 is 2.30 bits per heavy atom. The third-order valence-corrected chi connectivity index (χ3v) is 3.97. The predicted octanol–water partition coefficient (Wildman–Crippen LogP) is 4.78. The Balaban J connectivity index is 2.28. The van der Waals surface area contributed by atoms with Crippen LogP contribution in [0.4, 0.5) is 14.5 Å². The molecule has 0 bridgehead atoms. The number of rotatable bonds is 5. The topological polar surface area (TPSA) is 15.6 Å². The molecule has 0 spiro atoms. The van der Waals surface area contributed by atoms with E-state index in [0.717, 1.165) is 35.0 Å². The van der Waals surface area contributed by atoms with E-state index in [1.807, 2.05) is 37.9 Å². The SMILES string of the molecule is CCN(C)C=Nc1cc(C)c(Cc2ccc(F)cc2F)c(C)c1. The van der Waals surface area contributed by atoms with Crippen molar-refractivity contribution in [2.24, 2.45) is 4.99 Å². The first-order valence-corrected chi connectivity index (χ1v) is 7.69. The maximum absolute atomic E-state index is 13.9. The molecule has 0 radical (unpaired) electrons. The Bertz CT molecular complexity index is 700. The molecule has 0 aliphatic carbocycles. The van der Waals surface area contributed by atoms with Gasteiger partial charge in [-0.1, -0.05) is 6.07 Å². The molecule has 0 amide bonds. The van der Waals surface area contributed by atoms with Crippen LogP contribution in [0, 0.1) is 25.5 Å². The highest BCUT2D eigenvalue weighted by Gasteiger charge is 2.10. The molecule has 0 fully saturated rings. The second-order valence-corrected chi connectivity index (χ2v) is 5.79. The number of benzene rings is 2. The smallest absolute Gasteiger partial charge is 0.129 e. The number of nitrogens with zero attached hydrogens (tertiary/aromatic N) is 2. The third-order valence-electron chi connectivity index (χ3n) is 3.97. The summed E-state index contributed by atoms with van der Waals surface area (Å²) >= 11 is 0. The Morgan fingerprint density at radius 2 is 1.74 bits per heavy atom. The van der Waals surface area contributed by atoms with Crippen LogP contribution in [0.3, 0.4) is 0 Å². The van der Waals surface area contributed by atoms with Crippen molar-refractivity contribution in [1.82, 2.24) is 4.90 Å². The van der Waals surface area contributed by atoms with Gasteiger partial charge in [0.25, 0.3) is 0 Å². The van der Waals surface area contributed by atoms with Crippen molar-refractivity contribution < 1.29 is 8.78 Å². The molecular weight excluding hydrogens is 294 g/mol. The maximum Gasteiger partial charge on any atom is 0.129 e. The van der Waals surface area contributed by atoms with E-state index in [1.54, 1.807) is 6.34 Å². The lowest BCUT2D eigenvalue weighted by Gasteiger charge is -2.13. The minimum Gasteiger partial charge on any atom is -0.366 e. The second kappa shape index (κ2) is 7.36. The van der Waals surface area contributed by atoms with Crippen LogP contribution < -0.4 is 0 Å². The van der Waals surface area contributed by atoms with Crippen LogP contribution in [0.25, 0.3) is 0 Å². The van der Waals surface area contributed by atoms with Crippen molar-refractivity contribution in [1.29, 1.82) is 0 Å². The fraction of sp³-hybridized carbons (Fsp3) is 0.316. The molecule has 2 aromatic carbocycles. The van der Waals surface area contributed by atoms with Crippen molar-refractivity contribution in [2.75, 3.05) is 13.6 Å². The Hall–Kier alpha value is -2.23. The largest absolute Gasteiger partial charge is 0.366 e. The standard InChI is InChI=1S/C19H22F2N2/c1-5-23(4)12-22-17-8-13(2)18(14(3)9-17)10-15-6-7-16(20)11-19(15)21/h6-9,11-12H,5,10H2,1-4H3. The van der Waals surface area contributed by atoms with Crippen molar-refractivity contribution in [3.8, 4) is 0 Å². The van der Waals surface area contributed by atoms with Crippen LogP contribution in [0.5, 0.6) is 0 Å². The monoisotopic (exact) mass is 316 g/mol. The van der Waals surface area contributed by atoms with E-state index in [4.69, 9.17) is 0 Å². The zero-order valence-corrected chi connectivity index (χ0v) is 14.0. The molecule has 2 aromatic rings. The summed E-state index contributed by atoms with van der Waals surface area (Å²) in [6.45, 7) is 6.94. The summed E-state index contributed by atoms with van der Waals surface area (Å²) in [4.78, 5) is 6.45. The third kappa shape index (κ3) is 4.38. The Labute approximate surface area is 136 Å². The summed E-state index contributed by atoms with van der Waals surface area (Å²) in [6.07, 6.45) is 2.25. The van der Waals surface area contributed by atoms with Gasteiger partial charge >= 0.3 is 0 Å². The van der Waals surface area contributed by atoms with Gasteiger partial charge in [-0.2, -0.15) is 0 Å². The fourth-order valence-electron chi connectivity index (χ4n) is 2.43. The highest BCUT2D eigenvalue weighted by atomic mass is 19.1. The van der Waals surface area contributed by atoms with Gasteiger partial charge in [-0.05, 0) is 61.2 Å². The Morgan fingerprint density at radius 1 is 1.09 bits per heavy atom. The molecule has 0 saturated heterocycles. The zero-order valence-electron chi connectivity index (χ0n) is 14.0. The van der Waals surface area contributed by atoms with Crippen LogP contribution in [0.1, 0.15) is 29.2 Å². The number of aliphatic imine (C=N–C) groups is 1. The minimum atomic E-state index is -0.551. The number of hydrogen-bond acceptors (Lipinski definition) is 1. The van der Waals surface area contributed by atoms with Crippen molar-refractivity contribution in [3.05, 3.63) is 64.2 Å². The summed E-state index contributed by atoms with van der Waals surface area (Å²) in [5, 5.41) is 0. The molecule has 23 heavy (non-hydrogen) atoms. The van der Waals surface area contributed by atoms with E-state index in [2.05, 4.69) is 11.9 Å². The normalized spacial score (nSPS) is 11.2. The first-order valence-electron chi connectivity index (χ1n) is 7.69. The van der Waals surface area contributed by atoms with Gasteiger partial charge in [0.05, 0.1) is 12.0 Å². The van der Waals surface area contributed by atoms with E-state index in [1.165, 1.54) is 12.1 Å². The molecule has 0 aliphatic heterocycles. The second-order valence-electron chi connectivity index (χ2n) is 5.79. The van der Waals surface area contributed by atoms with Gasteiger partial charge in [0.15, 0.2) is 0 Å². The molecule has 0 unspecified atom stereocenters. The van der Waals surface area contributed by atoms with Gasteiger partial charge in [-0.3, -0.25) is 0 Å². The lowest BCUT2D eigenvalue weighted by atomic mass is 9.95. The van der Waals surface area contributed by atoms with Gasteiger partial charge in [0.2, 0.25) is 0 Å². The molecule has 122 valence electrons. The molecule has 0 aliphatic rings.